The van der Waals surface area contributed by atoms with E-state index in [0.29, 0.717) is 5.92 Å². The molecule has 1 amide bonds. The van der Waals surface area contributed by atoms with Crippen LogP contribution in [0.3, 0.4) is 0 Å². The van der Waals surface area contributed by atoms with E-state index in [4.69, 9.17) is 10.5 Å². The van der Waals surface area contributed by atoms with Crippen LogP contribution in [0.4, 0.5) is 10.1 Å². The van der Waals surface area contributed by atoms with Gasteiger partial charge in [0.15, 0.2) is 0 Å². The number of carbonyl (C=O) groups is 1. The van der Waals surface area contributed by atoms with Gasteiger partial charge in [-0.1, -0.05) is 0 Å². The van der Waals surface area contributed by atoms with Crippen molar-refractivity contribution in [3.05, 3.63) is 29.6 Å². The van der Waals surface area contributed by atoms with Crippen LogP contribution in [0.2, 0.25) is 0 Å². The highest BCUT2D eigenvalue weighted by Gasteiger charge is 2.22. The summed E-state index contributed by atoms with van der Waals surface area (Å²) >= 11 is 0. The molecule has 2 rings (SSSR count). The van der Waals surface area contributed by atoms with E-state index >= 15 is 0 Å². The Kier molecular flexibility index (Phi) is 4.37. The van der Waals surface area contributed by atoms with Crippen LogP contribution in [-0.4, -0.2) is 25.2 Å². The van der Waals surface area contributed by atoms with Gasteiger partial charge in [0.1, 0.15) is 5.82 Å². The Bertz CT molecular complexity index is 439. The molecular formula is C14H19FN2O2. The van der Waals surface area contributed by atoms with E-state index < -0.39 is 5.82 Å². The number of anilines is 1. The number of ether oxygens (including phenoxy) is 1. The van der Waals surface area contributed by atoms with Gasteiger partial charge in [0.05, 0.1) is 0 Å². The summed E-state index contributed by atoms with van der Waals surface area (Å²) in [6.45, 7) is 3.44. The molecule has 0 aromatic heterocycles. The maximum atomic E-state index is 13.2. The van der Waals surface area contributed by atoms with Gasteiger partial charge in [0.2, 0.25) is 0 Å². The third kappa shape index (κ3) is 3.67. The predicted molar refractivity (Wildman–Crippen MR) is 71.3 cm³/mol. The highest BCUT2D eigenvalue weighted by Crippen LogP contribution is 2.19. The quantitative estimate of drug-likeness (QED) is 0.822. The summed E-state index contributed by atoms with van der Waals surface area (Å²) in [5.41, 5.74) is 6.05. The van der Waals surface area contributed by atoms with Gasteiger partial charge in [-0.2, -0.15) is 0 Å². The molecule has 4 nitrogen and oxygen atoms in total. The van der Waals surface area contributed by atoms with Crippen molar-refractivity contribution < 1.29 is 13.9 Å². The SMILES string of the molecule is CC(NC(=O)c1cc(N)cc(F)c1)C1CCOCC1. The Balaban J connectivity index is 1.99. The lowest BCUT2D eigenvalue weighted by Crippen LogP contribution is -2.40. The van der Waals surface area contributed by atoms with Crippen molar-refractivity contribution in [3.8, 4) is 0 Å². The lowest BCUT2D eigenvalue weighted by atomic mass is 9.93. The lowest BCUT2D eigenvalue weighted by Gasteiger charge is -2.28. The van der Waals surface area contributed by atoms with E-state index in [1.54, 1.807) is 0 Å². The third-order valence-corrected chi connectivity index (χ3v) is 3.51. The van der Waals surface area contributed by atoms with Crippen LogP contribution in [-0.2, 0) is 4.74 Å². The van der Waals surface area contributed by atoms with Crippen molar-refractivity contribution in [2.24, 2.45) is 5.92 Å². The monoisotopic (exact) mass is 266 g/mol. The summed E-state index contributed by atoms with van der Waals surface area (Å²) < 4.78 is 18.5. The zero-order chi connectivity index (χ0) is 13.8. The van der Waals surface area contributed by atoms with Gasteiger partial charge in [-0.15, -0.1) is 0 Å². The number of benzene rings is 1. The Morgan fingerprint density at radius 2 is 2.11 bits per heavy atom. The van der Waals surface area contributed by atoms with Gasteiger partial charge in [0.25, 0.3) is 5.91 Å². The zero-order valence-corrected chi connectivity index (χ0v) is 11.0. The molecule has 1 aromatic carbocycles. The van der Waals surface area contributed by atoms with Gasteiger partial charge >= 0.3 is 0 Å². The van der Waals surface area contributed by atoms with Crippen molar-refractivity contribution in [2.45, 2.75) is 25.8 Å². The molecular weight excluding hydrogens is 247 g/mol. The second kappa shape index (κ2) is 6.02. The Morgan fingerprint density at radius 1 is 1.42 bits per heavy atom. The number of nitrogens with one attached hydrogen (secondary N) is 1. The van der Waals surface area contributed by atoms with Crippen molar-refractivity contribution in [2.75, 3.05) is 18.9 Å². The standard InChI is InChI=1S/C14H19FN2O2/c1-9(10-2-4-19-5-3-10)17-14(18)11-6-12(15)8-13(16)7-11/h6-10H,2-5,16H2,1H3,(H,17,18). The van der Waals surface area contributed by atoms with Crippen molar-refractivity contribution in [3.63, 3.8) is 0 Å². The Labute approximate surface area is 112 Å². The van der Waals surface area contributed by atoms with E-state index in [2.05, 4.69) is 5.32 Å². The molecule has 5 heteroatoms. The summed E-state index contributed by atoms with van der Waals surface area (Å²) in [5.74, 6) is -0.377. The number of halogens is 1. The highest BCUT2D eigenvalue weighted by atomic mass is 19.1. The number of hydrogen-bond donors (Lipinski definition) is 2. The van der Waals surface area contributed by atoms with Crippen LogP contribution in [0.5, 0.6) is 0 Å². The number of nitrogen functional groups attached to an aromatic ring is 1. The average Bonchev–Trinajstić information content (AvgIpc) is 2.38. The van der Waals surface area contributed by atoms with Crippen molar-refractivity contribution >= 4 is 11.6 Å². The normalized spacial score (nSPS) is 18.0. The molecule has 1 aliphatic heterocycles. The van der Waals surface area contributed by atoms with Crippen molar-refractivity contribution in [1.29, 1.82) is 0 Å². The van der Waals surface area contributed by atoms with Gasteiger partial charge in [-0.05, 0) is 43.9 Å². The molecule has 1 fully saturated rings. The van der Waals surface area contributed by atoms with Gasteiger partial charge in [-0.3, -0.25) is 4.79 Å². The summed E-state index contributed by atoms with van der Waals surface area (Å²) in [7, 11) is 0. The summed E-state index contributed by atoms with van der Waals surface area (Å²) in [5, 5.41) is 2.90. The van der Waals surface area contributed by atoms with Crippen LogP contribution in [0.25, 0.3) is 0 Å². The predicted octanol–water partition coefficient (Wildman–Crippen LogP) is 1.95. The fraction of sp³-hybridized carbons (Fsp3) is 0.500. The van der Waals surface area contributed by atoms with Gasteiger partial charge < -0.3 is 15.8 Å². The molecule has 1 unspecified atom stereocenters. The topological polar surface area (TPSA) is 64.4 Å². The van der Waals surface area contributed by atoms with E-state index in [1.165, 1.54) is 18.2 Å². The third-order valence-electron chi connectivity index (χ3n) is 3.51. The largest absolute Gasteiger partial charge is 0.399 e. The number of hydrogen-bond acceptors (Lipinski definition) is 3. The molecule has 0 aliphatic carbocycles. The molecule has 0 saturated carbocycles. The van der Waals surface area contributed by atoms with Crippen LogP contribution < -0.4 is 11.1 Å². The number of nitrogens with two attached hydrogens (primary N) is 1. The smallest absolute Gasteiger partial charge is 0.251 e. The van der Waals surface area contributed by atoms with E-state index in [1.807, 2.05) is 6.92 Å². The molecule has 1 aromatic rings. The summed E-state index contributed by atoms with van der Waals surface area (Å²) in [4.78, 5) is 12.0. The van der Waals surface area contributed by atoms with Crippen LogP contribution >= 0.6 is 0 Å². The molecule has 1 saturated heterocycles. The first-order valence-corrected chi connectivity index (χ1v) is 6.51. The minimum atomic E-state index is -0.496. The highest BCUT2D eigenvalue weighted by molar-refractivity contribution is 5.95. The number of carbonyl (C=O) groups excluding carboxylic acids is 1. The van der Waals surface area contributed by atoms with Crippen molar-refractivity contribution in [1.82, 2.24) is 5.32 Å². The van der Waals surface area contributed by atoms with Crippen LogP contribution in [0, 0.1) is 11.7 Å². The maximum absolute atomic E-state index is 13.2. The van der Waals surface area contributed by atoms with E-state index in [-0.39, 0.29) is 23.2 Å². The number of amides is 1. The van der Waals surface area contributed by atoms with Gasteiger partial charge in [0, 0.05) is 30.5 Å². The molecule has 0 spiro atoms. The Morgan fingerprint density at radius 3 is 2.74 bits per heavy atom. The van der Waals surface area contributed by atoms with E-state index in [0.717, 1.165) is 26.1 Å². The fourth-order valence-electron chi connectivity index (χ4n) is 2.37. The molecule has 0 radical (unpaired) electrons. The zero-order valence-electron chi connectivity index (χ0n) is 11.0. The minimum Gasteiger partial charge on any atom is -0.399 e. The average molecular weight is 266 g/mol. The second-order valence-corrected chi connectivity index (χ2v) is 4.99. The molecule has 19 heavy (non-hydrogen) atoms. The molecule has 0 bridgehead atoms. The van der Waals surface area contributed by atoms with Crippen LogP contribution in [0.1, 0.15) is 30.1 Å². The first-order valence-electron chi connectivity index (χ1n) is 6.51. The first kappa shape index (κ1) is 13.8. The first-order chi connectivity index (χ1) is 9.06. The molecule has 104 valence electrons. The summed E-state index contributed by atoms with van der Waals surface area (Å²) in [6.07, 6.45) is 1.87. The van der Waals surface area contributed by atoms with Gasteiger partial charge in [-0.25, -0.2) is 4.39 Å². The molecule has 3 N–H and O–H groups in total. The summed E-state index contributed by atoms with van der Waals surface area (Å²) in [6, 6.07) is 3.91. The number of rotatable bonds is 3. The fourth-order valence-corrected chi connectivity index (χ4v) is 2.37. The second-order valence-electron chi connectivity index (χ2n) is 4.99. The molecule has 1 atom stereocenters. The molecule has 1 heterocycles. The minimum absolute atomic E-state index is 0.0425. The Hall–Kier alpha value is -1.62. The molecule has 1 aliphatic rings. The lowest BCUT2D eigenvalue weighted by molar-refractivity contribution is 0.0538. The van der Waals surface area contributed by atoms with E-state index in [9.17, 15) is 9.18 Å². The van der Waals surface area contributed by atoms with Crippen LogP contribution in [0.15, 0.2) is 18.2 Å². The maximum Gasteiger partial charge on any atom is 0.251 e.